The first-order chi connectivity index (χ1) is 15.4. The fourth-order valence-electron chi connectivity index (χ4n) is 4.57. The van der Waals surface area contributed by atoms with Crippen LogP contribution in [0.1, 0.15) is 54.3 Å². The number of rotatable bonds is 5. The van der Waals surface area contributed by atoms with Crippen LogP contribution < -0.4 is 16.8 Å². The van der Waals surface area contributed by atoms with E-state index in [0.29, 0.717) is 16.8 Å². The van der Waals surface area contributed by atoms with Gasteiger partial charge in [-0.3, -0.25) is 9.59 Å². The third-order valence-electron chi connectivity index (χ3n) is 7.39. The van der Waals surface area contributed by atoms with E-state index in [9.17, 15) is 9.59 Å². The van der Waals surface area contributed by atoms with Crippen LogP contribution in [0.25, 0.3) is 16.6 Å². The van der Waals surface area contributed by atoms with Crippen molar-refractivity contribution in [2.75, 3.05) is 19.4 Å². The van der Waals surface area contributed by atoms with E-state index in [1.54, 1.807) is 23.5 Å². The highest BCUT2D eigenvalue weighted by Crippen LogP contribution is 2.46. The van der Waals surface area contributed by atoms with Crippen molar-refractivity contribution >= 4 is 23.0 Å². The van der Waals surface area contributed by atoms with Gasteiger partial charge < -0.3 is 21.7 Å². The van der Waals surface area contributed by atoms with Crippen molar-refractivity contribution < 1.29 is 9.59 Å². The molecular formula is C25H32N6O2. The van der Waals surface area contributed by atoms with Gasteiger partial charge in [0.25, 0.3) is 11.8 Å². The molecule has 2 amide bonds. The second-order valence-corrected chi connectivity index (χ2v) is 10.0. The maximum absolute atomic E-state index is 12.2. The first-order valence-electron chi connectivity index (χ1n) is 11.1. The summed E-state index contributed by atoms with van der Waals surface area (Å²) < 4.78 is 1.74. The maximum atomic E-state index is 12.2. The largest absolute Gasteiger partial charge is 0.379 e. The summed E-state index contributed by atoms with van der Waals surface area (Å²) in [6.45, 7) is 6.38. The molecule has 1 aliphatic rings. The SMILES string of the molecule is CN(C)C(=O)c1ccc(-c2cc3c(N[C@@H]4CC[C@](C)(N)C4(C)C)c(C(N)=O)cnn3c2)cc1. The summed E-state index contributed by atoms with van der Waals surface area (Å²) in [5.41, 5.74) is 16.0. The number of anilines is 1. The molecule has 5 N–H and O–H groups in total. The van der Waals surface area contributed by atoms with E-state index in [1.807, 2.05) is 36.5 Å². The Morgan fingerprint density at radius 1 is 1.15 bits per heavy atom. The van der Waals surface area contributed by atoms with Crippen LogP contribution in [0.4, 0.5) is 5.69 Å². The predicted molar refractivity (Wildman–Crippen MR) is 130 cm³/mol. The molecule has 4 rings (SSSR count). The number of nitrogens with two attached hydrogens (primary N) is 2. The van der Waals surface area contributed by atoms with Crippen LogP contribution in [0.5, 0.6) is 0 Å². The Kier molecular flexibility index (Phi) is 5.44. The zero-order chi connectivity index (χ0) is 24.1. The summed E-state index contributed by atoms with van der Waals surface area (Å²) in [6, 6.07) is 9.50. The van der Waals surface area contributed by atoms with Crippen LogP contribution in [0.3, 0.4) is 0 Å². The van der Waals surface area contributed by atoms with Gasteiger partial charge in [-0.2, -0.15) is 5.10 Å². The van der Waals surface area contributed by atoms with Gasteiger partial charge in [0.05, 0.1) is 23.0 Å². The summed E-state index contributed by atoms with van der Waals surface area (Å²) in [6.07, 6.45) is 5.18. The molecule has 2 heterocycles. The molecule has 8 heteroatoms. The van der Waals surface area contributed by atoms with Crippen LogP contribution >= 0.6 is 0 Å². The molecular weight excluding hydrogens is 416 g/mol. The predicted octanol–water partition coefficient (Wildman–Crippen LogP) is 3.12. The lowest BCUT2D eigenvalue weighted by Gasteiger charge is -2.39. The minimum atomic E-state index is -0.534. The lowest BCUT2D eigenvalue weighted by molar-refractivity contribution is 0.0827. The third-order valence-corrected chi connectivity index (χ3v) is 7.39. The van der Waals surface area contributed by atoms with Crippen LogP contribution in [-0.2, 0) is 0 Å². The number of hydrogen-bond donors (Lipinski definition) is 3. The third kappa shape index (κ3) is 3.84. The number of nitrogens with zero attached hydrogens (tertiary/aromatic N) is 3. The van der Waals surface area contributed by atoms with Crippen LogP contribution in [0.15, 0.2) is 42.7 Å². The molecule has 0 unspecified atom stereocenters. The van der Waals surface area contributed by atoms with Gasteiger partial charge in [-0.25, -0.2) is 4.52 Å². The van der Waals surface area contributed by atoms with E-state index >= 15 is 0 Å². The van der Waals surface area contributed by atoms with Crippen molar-refractivity contribution in [2.24, 2.45) is 16.9 Å². The maximum Gasteiger partial charge on any atom is 0.253 e. The van der Waals surface area contributed by atoms with Crippen LogP contribution in [0.2, 0.25) is 0 Å². The molecule has 8 nitrogen and oxygen atoms in total. The van der Waals surface area contributed by atoms with E-state index in [-0.39, 0.29) is 22.9 Å². The summed E-state index contributed by atoms with van der Waals surface area (Å²) in [7, 11) is 3.46. The van der Waals surface area contributed by atoms with Gasteiger partial charge in [0.15, 0.2) is 0 Å². The Bertz CT molecular complexity index is 1220. The van der Waals surface area contributed by atoms with Crippen LogP contribution in [-0.4, -0.2) is 52.0 Å². The monoisotopic (exact) mass is 448 g/mol. The Morgan fingerprint density at radius 2 is 1.82 bits per heavy atom. The Labute approximate surface area is 193 Å². The van der Waals surface area contributed by atoms with Crippen LogP contribution in [0, 0.1) is 5.41 Å². The molecule has 2 aromatic heterocycles. The standard InChI is InChI=1S/C25H32N6O2/c1-24(2)20(10-11-25(24,3)27)29-21-18(22(26)32)13-28-31-14-17(12-19(21)31)15-6-8-16(9-7-15)23(33)30(4)5/h6-9,12-14,20,29H,10-11,27H2,1-5H3,(H2,26,32)/t20-,25+/m1/s1. The van der Waals surface area contributed by atoms with E-state index in [0.717, 1.165) is 29.5 Å². The zero-order valence-corrected chi connectivity index (χ0v) is 19.8. The molecule has 33 heavy (non-hydrogen) atoms. The normalized spacial score (nSPS) is 21.8. The fraction of sp³-hybridized carbons (Fsp3) is 0.400. The lowest BCUT2D eigenvalue weighted by Crippen LogP contribution is -2.51. The number of carbonyl (C=O) groups is 2. The molecule has 1 fully saturated rings. The van der Waals surface area contributed by atoms with Gasteiger partial charge in [-0.1, -0.05) is 26.0 Å². The molecule has 1 saturated carbocycles. The van der Waals surface area contributed by atoms with Crippen molar-refractivity contribution in [1.82, 2.24) is 14.5 Å². The summed E-state index contributed by atoms with van der Waals surface area (Å²) in [5, 5.41) is 8.00. The van der Waals surface area contributed by atoms with Gasteiger partial charge in [0.1, 0.15) is 0 Å². The molecule has 2 atom stereocenters. The highest BCUT2D eigenvalue weighted by molar-refractivity contribution is 6.02. The first-order valence-corrected chi connectivity index (χ1v) is 11.1. The molecule has 0 saturated heterocycles. The van der Waals surface area contributed by atoms with Gasteiger partial charge in [-0.05, 0) is 43.5 Å². The Hall–Kier alpha value is -3.39. The minimum absolute atomic E-state index is 0.0473. The number of carbonyl (C=O) groups excluding carboxylic acids is 2. The molecule has 174 valence electrons. The van der Waals surface area contributed by atoms with Gasteiger partial charge in [0, 0.05) is 48.4 Å². The molecule has 0 radical (unpaired) electrons. The van der Waals surface area contributed by atoms with Gasteiger partial charge in [0.2, 0.25) is 0 Å². The van der Waals surface area contributed by atoms with E-state index in [2.05, 4.69) is 31.2 Å². The fourth-order valence-corrected chi connectivity index (χ4v) is 4.57. The average Bonchev–Trinajstić information content (AvgIpc) is 3.27. The highest BCUT2D eigenvalue weighted by atomic mass is 16.2. The second-order valence-electron chi connectivity index (χ2n) is 10.0. The summed E-state index contributed by atoms with van der Waals surface area (Å²) in [4.78, 5) is 26.0. The number of hydrogen-bond acceptors (Lipinski definition) is 5. The number of primary amides is 1. The number of amides is 2. The Balaban J connectivity index is 1.75. The quantitative estimate of drug-likeness (QED) is 0.554. The number of benzene rings is 1. The number of aromatic nitrogens is 2. The molecule has 1 aromatic carbocycles. The van der Waals surface area contributed by atoms with Crippen molar-refractivity contribution in [3.8, 4) is 11.1 Å². The van der Waals surface area contributed by atoms with E-state index in [1.165, 1.54) is 6.20 Å². The molecule has 0 spiro atoms. The van der Waals surface area contributed by atoms with Crippen molar-refractivity contribution in [3.05, 3.63) is 53.9 Å². The highest BCUT2D eigenvalue weighted by Gasteiger charge is 2.49. The van der Waals surface area contributed by atoms with E-state index in [4.69, 9.17) is 11.5 Å². The summed E-state index contributed by atoms with van der Waals surface area (Å²) >= 11 is 0. The molecule has 1 aliphatic carbocycles. The van der Waals surface area contributed by atoms with Crippen molar-refractivity contribution in [1.29, 1.82) is 0 Å². The minimum Gasteiger partial charge on any atom is -0.379 e. The van der Waals surface area contributed by atoms with Gasteiger partial charge in [-0.15, -0.1) is 0 Å². The first kappa shape index (κ1) is 22.8. The topological polar surface area (TPSA) is 119 Å². The number of nitrogens with one attached hydrogen (secondary N) is 1. The smallest absolute Gasteiger partial charge is 0.253 e. The van der Waals surface area contributed by atoms with E-state index < -0.39 is 5.91 Å². The molecule has 3 aromatic rings. The number of fused-ring (bicyclic) bond motifs is 1. The lowest BCUT2D eigenvalue weighted by atomic mass is 9.75. The zero-order valence-electron chi connectivity index (χ0n) is 19.8. The Morgan fingerprint density at radius 3 is 2.36 bits per heavy atom. The second kappa shape index (κ2) is 7.88. The van der Waals surface area contributed by atoms with Crippen molar-refractivity contribution in [2.45, 2.75) is 45.2 Å². The van der Waals surface area contributed by atoms with Gasteiger partial charge >= 0.3 is 0 Å². The molecule has 0 bridgehead atoms. The molecule has 0 aliphatic heterocycles. The summed E-state index contributed by atoms with van der Waals surface area (Å²) in [5.74, 6) is -0.581. The van der Waals surface area contributed by atoms with Crippen molar-refractivity contribution in [3.63, 3.8) is 0 Å². The average molecular weight is 449 g/mol.